The van der Waals surface area contributed by atoms with Crippen molar-refractivity contribution in [3.05, 3.63) is 59.2 Å². The summed E-state index contributed by atoms with van der Waals surface area (Å²) in [6.07, 6.45) is 4.55. The van der Waals surface area contributed by atoms with Gasteiger partial charge in [-0.3, -0.25) is 9.59 Å². The summed E-state index contributed by atoms with van der Waals surface area (Å²) in [5.74, 6) is 1.02. The maximum Gasteiger partial charge on any atom is 0.256 e. The summed E-state index contributed by atoms with van der Waals surface area (Å²) < 4.78 is 0. The minimum absolute atomic E-state index is 0.0857. The zero-order valence-electron chi connectivity index (χ0n) is 15.6. The second kappa shape index (κ2) is 7.72. The number of anilines is 1. The van der Waals surface area contributed by atoms with Crippen molar-refractivity contribution in [2.75, 3.05) is 17.6 Å². The standard InChI is InChI=1S/C22H22N2O3S/c1-2-28-17-12-20-21(26)23-19-10-7-15(11-18(19)22(27)24(20)13-17)4-3-14-5-8-16(25)9-6-14/h3-11,17,20,25H,2,12-13H2,1H3,(H,23,26)/t17-,20-/m1/s1. The van der Waals surface area contributed by atoms with E-state index in [0.29, 0.717) is 29.5 Å². The molecule has 0 unspecified atom stereocenters. The van der Waals surface area contributed by atoms with Crippen molar-refractivity contribution in [1.82, 2.24) is 4.90 Å². The van der Waals surface area contributed by atoms with Crippen LogP contribution in [0, 0.1) is 0 Å². The molecule has 0 saturated carbocycles. The van der Waals surface area contributed by atoms with Gasteiger partial charge in [-0.05, 0) is 47.6 Å². The molecule has 0 aliphatic carbocycles. The van der Waals surface area contributed by atoms with Crippen molar-refractivity contribution in [3.8, 4) is 5.75 Å². The van der Waals surface area contributed by atoms with E-state index in [-0.39, 0.29) is 23.6 Å². The Balaban J connectivity index is 1.61. The lowest BCUT2D eigenvalue weighted by Crippen LogP contribution is -2.40. The van der Waals surface area contributed by atoms with Gasteiger partial charge >= 0.3 is 0 Å². The zero-order valence-corrected chi connectivity index (χ0v) is 16.4. The van der Waals surface area contributed by atoms with Gasteiger partial charge in [0.25, 0.3) is 5.91 Å². The van der Waals surface area contributed by atoms with E-state index in [4.69, 9.17) is 0 Å². The van der Waals surface area contributed by atoms with E-state index in [1.807, 2.05) is 36.4 Å². The van der Waals surface area contributed by atoms with Gasteiger partial charge < -0.3 is 15.3 Å². The number of phenols is 1. The number of aromatic hydroxyl groups is 1. The number of amides is 2. The van der Waals surface area contributed by atoms with E-state index in [2.05, 4.69) is 12.2 Å². The fourth-order valence-corrected chi connectivity index (χ4v) is 4.78. The number of carbonyl (C=O) groups is 2. The number of benzene rings is 2. The summed E-state index contributed by atoms with van der Waals surface area (Å²) >= 11 is 1.80. The molecule has 6 heteroatoms. The molecule has 0 radical (unpaired) electrons. The average molecular weight is 394 g/mol. The van der Waals surface area contributed by atoms with Gasteiger partial charge in [-0.25, -0.2) is 0 Å². The molecule has 2 amide bonds. The number of fused-ring (bicyclic) bond motifs is 2. The van der Waals surface area contributed by atoms with Crippen LogP contribution in [-0.2, 0) is 4.79 Å². The lowest BCUT2D eigenvalue weighted by molar-refractivity contribution is -0.119. The number of thioether (sulfide) groups is 1. The number of rotatable bonds is 4. The molecule has 2 aromatic carbocycles. The highest BCUT2D eigenvalue weighted by Gasteiger charge is 2.42. The minimum atomic E-state index is -0.389. The number of hydrogen-bond donors (Lipinski definition) is 2. The first-order valence-corrected chi connectivity index (χ1v) is 10.4. The number of nitrogens with one attached hydrogen (secondary N) is 1. The Morgan fingerprint density at radius 1 is 1.14 bits per heavy atom. The van der Waals surface area contributed by atoms with Crippen LogP contribution in [0.3, 0.4) is 0 Å². The molecule has 5 nitrogen and oxygen atoms in total. The molecule has 0 aromatic heterocycles. The second-order valence-corrected chi connectivity index (χ2v) is 8.58. The van der Waals surface area contributed by atoms with Crippen LogP contribution in [0.2, 0.25) is 0 Å². The summed E-state index contributed by atoms with van der Waals surface area (Å²) in [7, 11) is 0. The summed E-state index contributed by atoms with van der Waals surface area (Å²) in [5, 5.41) is 12.6. The van der Waals surface area contributed by atoms with Crippen LogP contribution in [-0.4, -0.2) is 45.4 Å². The monoisotopic (exact) mass is 394 g/mol. The van der Waals surface area contributed by atoms with Crippen LogP contribution in [0.25, 0.3) is 12.2 Å². The van der Waals surface area contributed by atoms with Gasteiger partial charge in [0, 0.05) is 11.8 Å². The number of carbonyl (C=O) groups excluding carboxylic acids is 2. The Morgan fingerprint density at radius 2 is 1.86 bits per heavy atom. The summed E-state index contributed by atoms with van der Waals surface area (Å²) in [4.78, 5) is 27.5. The van der Waals surface area contributed by atoms with Crippen LogP contribution in [0.15, 0.2) is 42.5 Å². The van der Waals surface area contributed by atoms with Gasteiger partial charge in [0.05, 0.1) is 11.3 Å². The third kappa shape index (κ3) is 3.64. The fourth-order valence-electron chi connectivity index (χ4n) is 3.73. The van der Waals surface area contributed by atoms with Crippen molar-refractivity contribution in [2.24, 2.45) is 0 Å². The first-order valence-electron chi connectivity index (χ1n) is 9.39. The lowest BCUT2D eigenvalue weighted by Gasteiger charge is -2.20. The molecule has 2 aromatic rings. The van der Waals surface area contributed by atoms with E-state index in [1.165, 1.54) is 0 Å². The summed E-state index contributed by atoms with van der Waals surface area (Å²) in [6.45, 7) is 2.71. The maximum absolute atomic E-state index is 13.2. The van der Waals surface area contributed by atoms with Gasteiger partial charge in [-0.2, -0.15) is 11.8 Å². The molecule has 0 bridgehead atoms. The van der Waals surface area contributed by atoms with E-state index in [0.717, 1.165) is 16.9 Å². The van der Waals surface area contributed by atoms with E-state index >= 15 is 0 Å². The number of hydrogen-bond acceptors (Lipinski definition) is 4. The lowest BCUT2D eigenvalue weighted by atomic mass is 10.1. The van der Waals surface area contributed by atoms with Crippen molar-refractivity contribution in [2.45, 2.75) is 24.6 Å². The molecule has 1 saturated heterocycles. The third-order valence-electron chi connectivity index (χ3n) is 5.12. The van der Waals surface area contributed by atoms with Gasteiger partial charge in [0.2, 0.25) is 5.91 Å². The number of phenolic OH excluding ortho intramolecular Hbond substituents is 1. The number of nitrogens with zero attached hydrogens (tertiary/aromatic N) is 1. The maximum atomic E-state index is 13.2. The van der Waals surface area contributed by atoms with E-state index in [9.17, 15) is 14.7 Å². The topological polar surface area (TPSA) is 69.6 Å². The predicted octanol–water partition coefficient (Wildman–Crippen LogP) is 3.85. The first kappa shape index (κ1) is 18.6. The van der Waals surface area contributed by atoms with Gasteiger partial charge in [-0.15, -0.1) is 0 Å². The average Bonchev–Trinajstić information content (AvgIpc) is 3.08. The Bertz CT molecular complexity index is 939. The smallest absolute Gasteiger partial charge is 0.256 e. The Hall–Kier alpha value is -2.73. The Labute approximate surface area is 168 Å². The molecule has 144 valence electrons. The van der Waals surface area contributed by atoms with Gasteiger partial charge in [0.15, 0.2) is 0 Å². The van der Waals surface area contributed by atoms with E-state index < -0.39 is 0 Å². The zero-order chi connectivity index (χ0) is 19.7. The molecule has 4 rings (SSSR count). The van der Waals surface area contributed by atoms with Crippen LogP contribution in [0.4, 0.5) is 5.69 Å². The van der Waals surface area contributed by atoms with Crippen LogP contribution < -0.4 is 5.32 Å². The molecular weight excluding hydrogens is 372 g/mol. The highest BCUT2D eigenvalue weighted by atomic mass is 32.2. The molecule has 2 atom stereocenters. The predicted molar refractivity (Wildman–Crippen MR) is 113 cm³/mol. The van der Waals surface area contributed by atoms with E-state index in [1.54, 1.807) is 34.9 Å². The third-order valence-corrected chi connectivity index (χ3v) is 6.27. The van der Waals surface area contributed by atoms with Crippen molar-refractivity contribution < 1.29 is 14.7 Å². The molecule has 2 N–H and O–H groups in total. The molecule has 2 aliphatic heterocycles. The summed E-state index contributed by atoms with van der Waals surface area (Å²) in [6, 6.07) is 12.0. The molecule has 1 fully saturated rings. The molecule has 2 aliphatic rings. The van der Waals surface area contributed by atoms with Crippen molar-refractivity contribution >= 4 is 41.4 Å². The molecule has 2 heterocycles. The Morgan fingerprint density at radius 3 is 2.61 bits per heavy atom. The van der Waals surface area contributed by atoms with Crippen molar-refractivity contribution in [3.63, 3.8) is 0 Å². The Kier molecular flexibility index (Phi) is 5.13. The highest BCUT2D eigenvalue weighted by Crippen LogP contribution is 2.33. The quantitative estimate of drug-likeness (QED) is 0.773. The van der Waals surface area contributed by atoms with Gasteiger partial charge in [-0.1, -0.05) is 37.3 Å². The second-order valence-electron chi connectivity index (χ2n) is 7.01. The molecular formula is C22H22N2O3S. The van der Waals surface area contributed by atoms with Crippen LogP contribution in [0.1, 0.15) is 34.8 Å². The van der Waals surface area contributed by atoms with Crippen LogP contribution in [0.5, 0.6) is 5.75 Å². The van der Waals surface area contributed by atoms with Crippen LogP contribution >= 0.6 is 11.8 Å². The van der Waals surface area contributed by atoms with Crippen molar-refractivity contribution in [1.29, 1.82) is 0 Å². The first-order chi connectivity index (χ1) is 13.5. The molecule has 28 heavy (non-hydrogen) atoms. The highest BCUT2D eigenvalue weighted by molar-refractivity contribution is 7.99. The SMILES string of the molecule is CCS[C@@H]1C[C@@H]2C(=O)Nc3ccc(C=Cc4ccc(O)cc4)cc3C(=O)N2C1. The normalized spacial score (nSPS) is 21.4. The summed E-state index contributed by atoms with van der Waals surface area (Å²) in [5.41, 5.74) is 2.94. The molecule has 0 spiro atoms. The fraction of sp³-hybridized carbons (Fsp3) is 0.273. The minimum Gasteiger partial charge on any atom is -0.508 e. The van der Waals surface area contributed by atoms with Gasteiger partial charge in [0.1, 0.15) is 11.8 Å². The largest absolute Gasteiger partial charge is 0.508 e.